The van der Waals surface area contributed by atoms with Crippen LogP contribution in [0.3, 0.4) is 0 Å². The van der Waals surface area contributed by atoms with Crippen molar-refractivity contribution in [2.45, 2.75) is 45.1 Å². The molecule has 0 saturated heterocycles. The highest BCUT2D eigenvalue weighted by atomic mass is 79.9. The summed E-state index contributed by atoms with van der Waals surface area (Å²) in [6.07, 6.45) is 6.37. The van der Waals surface area contributed by atoms with Crippen molar-refractivity contribution in [3.05, 3.63) is 20.8 Å². The topological polar surface area (TPSA) is 26.0 Å². The monoisotopic (exact) mass is 301 g/mol. The van der Waals surface area contributed by atoms with Crippen molar-refractivity contribution in [3.8, 4) is 0 Å². The van der Waals surface area contributed by atoms with Gasteiger partial charge in [0.05, 0.1) is 3.79 Å². The lowest BCUT2D eigenvalue weighted by atomic mass is 9.76. The first-order valence-corrected chi connectivity index (χ1v) is 7.79. The highest BCUT2D eigenvalue weighted by Gasteiger charge is 2.27. The lowest BCUT2D eigenvalue weighted by Gasteiger charge is -2.33. The standard InChI is InChI=1S/C13H20BrNS/c1-2-9-3-5-12(15)10(7-9)8-11-4-6-13(14)16-11/h4,6,9-10,12H,2-3,5,7-8,15H2,1H3. The maximum absolute atomic E-state index is 6.24. The van der Waals surface area contributed by atoms with E-state index < -0.39 is 0 Å². The van der Waals surface area contributed by atoms with E-state index >= 15 is 0 Å². The number of hydrogen-bond acceptors (Lipinski definition) is 2. The van der Waals surface area contributed by atoms with Crippen LogP contribution in [0, 0.1) is 11.8 Å². The van der Waals surface area contributed by atoms with Crippen LogP contribution in [0.5, 0.6) is 0 Å². The molecule has 90 valence electrons. The minimum absolute atomic E-state index is 0.420. The molecule has 1 aliphatic carbocycles. The Kier molecular flexibility index (Phi) is 4.45. The molecule has 1 aliphatic rings. The van der Waals surface area contributed by atoms with Crippen LogP contribution in [0.1, 0.15) is 37.5 Å². The van der Waals surface area contributed by atoms with E-state index in [4.69, 9.17) is 5.73 Å². The van der Waals surface area contributed by atoms with E-state index in [1.54, 1.807) is 0 Å². The van der Waals surface area contributed by atoms with Crippen molar-refractivity contribution in [2.75, 3.05) is 0 Å². The molecule has 0 bridgehead atoms. The first-order valence-electron chi connectivity index (χ1n) is 6.18. The van der Waals surface area contributed by atoms with Gasteiger partial charge in [0.15, 0.2) is 0 Å². The van der Waals surface area contributed by atoms with E-state index in [1.807, 2.05) is 11.3 Å². The molecule has 0 amide bonds. The molecule has 1 nitrogen and oxygen atoms in total. The number of halogens is 1. The van der Waals surface area contributed by atoms with Gasteiger partial charge in [-0.3, -0.25) is 0 Å². The molecule has 3 heteroatoms. The minimum Gasteiger partial charge on any atom is -0.327 e. The van der Waals surface area contributed by atoms with E-state index in [0.717, 1.165) is 5.92 Å². The van der Waals surface area contributed by atoms with Crippen LogP contribution in [-0.2, 0) is 6.42 Å². The summed E-state index contributed by atoms with van der Waals surface area (Å²) in [5, 5.41) is 0. The van der Waals surface area contributed by atoms with Crippen molar-refractivity contribution in [1.82, 2.24) is 0 Å². The summed E-state index contributed by atoms with van der Waals surface area (Å²) < 4.78 is 1.24. The van der Waals surface area contributed by atoms with Crippen LogP contribution in [-0.4, -0.2) is 6.04 Å². The molecule has 2 N–H and O–H groups in total. The lowest BCUT2D eigenvalue weighted by molar-refractivity contribution is 0.228. The molecule has 0 radical (unpaired) electrons. The van der Waals surface area contributed by atoms with Gasteiger partial charge in [0.1, 0.15) is 0 Å². The molecule has 1 aromatic rings. The molecule has 3 unspecified atom stereocenters. The predicted molar refractivity (Wildman–Crippen MR) is 74.8 cm³/mol. The summed E-state index contributed by atoms with van der Waals surface area (Å²) in [5.41, 5.74) is 6.24. The quantitative estimate of drug-likeness (QED) is 0.889. The number of hydrogen-bond donors (Lipinski definition) is 1. The van der Waals surface area contributed by atoms with Gasteiger partial charge in [0, 0.05) is 10.9 Å². The van der Waals surface area contributed by atoms with Crippen LogP contribution >= 0.6 is 27.3 Å². The van der Waals surface area contributed by atoms with E-state index in [-0.39, 0.29) is 0 Å². The SMILES string of the molecule is CCC1CCC(N)C(Cc2ccc(Br)s2)C1. The molecule has 1 heterocycles. The fourth-order valence-corrected chi connectivity index (χ4v) is 4.29. The Morgan fingerprint density at radius 2 is 2.25 bits per heavy atom. The second-order valence-corrected chi connectivity index (χ2v) is 7.47. The normalized spacial score (nSPS) is 30.6. The Morgan fingerprint density at radius 3 is 2.88 bits per heavy atom. The van der Waals surface area contributed by atoms with Crippen molar-refractivity contribution in [2.24, 2.45) is 17.6 Å². The van der Waals surface area contributed by atoms with Gasteiger partial charge in [-0.1, -0.05) is 13.3 Å². The van der Waals surface area contributed by atoms with Crippen LogP contribution in [0.15, 0.2) is 15.9 Å². The first-order chi connectivity index (χ1) is 7.69. The van der Waals surface area contributed by atoms with E-state index in [9.17, 15) is 0 Å². The summed E-state index contributed by atoms with van der Waals surface area (Å²) >= 11 is 5.38. The number of nitrogens with two attached hydrogens (primary N) is 1. The zero-order valence-electron chi connectivity index (χ0n) is 9.79. The molecule has 2 rings (SSSR count). The summed E-state index contributed by atoms with van der Waals surface area (Å²) in [4.78, 5) is 1.48. The Morgan fingerprint density at radius 1 is 1.44 bits per heavy atom. The van der Waals surface area contributed by atoms with E-state index in [0.29, 0.717) is 12.0 Å². The summed E-state index contributed by atoms with van der Waals surface area (Å²) in [5.74, 6) is 1.61. The third-order valence-electron chi connectivity index (χ3n) is 3.82. The molecule has 1 saturated carbocycles. The average Bonchev–Trinajstić information content (AvgIpc) is 2.67. The minimum atomic E-state index is 0.420. The van der Waals surface area contributed by atoms with Crippen molar-refractivity contribution in [1.29, 1.82) is 0 Å². The van der Waals surface area contributed by atoms with Crippen LogP contribution < -0.4 is 5.73 Å². The molecule has 1 aromatic heterocycles. The van der Waals surface area contributed by atoms with Crippen molar-refractivity contribution < 1.29 is 0 Å². The predicted octanol–water partition coefficient (Wildman–Crippen LogP) is 4.21. The van der Waals surface area contributed by atoms with Crippen LogP contribution in [0.4, 0.5) is 0 Å². The van der Waals surface area contributed by atoms with Crippen molar-refractivity contribution in [3.63, 3.8) is 0 Å². The lowest BCUT2D eigenvalue weighted by Crippen LogP contribution is -2.37. The second-order valence-electron chi connectivity index (χ2n) is 4.92. The van der Waals surface area contributed by atoms with Crippen molar-refractivity contribution >= 4 is 27.3 Å². The van der Waals surface area contributed by atoms with Gasteiger partial charge in [0.2, 0.25) is 0 Å². The molecule has 0 spiro atoms. The molecule has 3 atom stereocenters. The Labute approximate surface area is 111 Å². The summed E-state index contributed by atoms with van der Waals surface area (Å²) in [6, 6.07) is 4.80. The molecular formula is C13H20BrNS. The van der Waals surface area contributed by atoms with Gasteiger partial charge < -0.3 is 5.73 Å². The Hall–Kier alpha value is 0.140. The third kappa shape index (κ3) is 3.08. The number of rotatable bonds is 3. The maximum atomic E-state index is 6.24. The number of thiophene rings is 1. The highest BCUT2D eigenvalue weighted by Crippen LogP contribution is 2.34. The van der Waals surface area contributed by atoms with E-state index in [2.05, 4.69) is 35.0 Å². The average molecular weight is 302 g/mol. The van der Waals surface area contributed by atoms with Gasteiger partial charge in [-0.25, -0.2) is 0 Å². The molecular weight excluding hydrogens is 282 g/mol. The zero-order chi connectivity index (χ0) is 11.5. The largest absolute Gasteiger partial charge is 0.327 e. The second kappa shape index (κ2) is 5.65. The highest BCUT2D eigenvalue weighted by molar-refractivity contribution is 9.11. The maximum Gasteiger partial charge on any atom is 0.0701 e. The summed E-state index contributed by atoms with van der Waals surface area (Å²) in [7, 11) is 0. The van der Waals surface area contributed by atoms with Crippen LogP contribution in [0.25, 0.3) is 0 Å². The molecule has 0 aromatic carbocycles. The smallest absolute Gasteiger partial charge is 0.0701 e. The van der Waals surface area contributed by atoms with Gasteiger partial charge >= 0.3 is 0 Å². The van der Waals surface area contributed by atoms with Gasteiger partial charge in [-0.05, 0) is 65.6 Å². The fraction of sp³-hybridized carbons (Fsp3) is 0.692. The van der Waals surface area contributed by atoms with Gasteiger partial charge in [0.25, 0.3) is 0 Å². The van der Waals surface area contributed by atoms with Gasteiger partial charge in [-0.2, -0.15) is 0 Å². The van der Waals surface area contributed by atoms with Gasteiger partial charge in [-0.15, -0.1) is 11.3 Å². The van der Waals surface area contributed by atoms with Crippen LogP contribution in [0.2, 0.25) is 0 Å². The molecule has 1 fully saturated rings. The molecule has 0 aliphatic heterocycles. The Bertz CT molecular complexity index is 336. The third-order valence-corrected chi connectivity index (χ3v) is 5.47. The summed E-state index contributed by atoms with van der Waals surface area (Å²) in [6.45, 7) is 2.31. The first kappa shape index (κ1) is 12.6. The fourth-order valence-electron chi connectivity index (χ4n) is 2.71. The molecule has 16 heavy (non-hydrogen) atoms. The zero-order valence-corrected chi connectivity index (χ0v) is 12.2. The van der Waals surface area contributed by atoms with E-state index in [1.165, 1.54) is 40.8 Å². The Balaban J connectivity index is 1.96.